The molecule has 0 aliphatic heterocycles. The Morgan fingerprint density at radius 1 is 0.632 bits per heavy atom. The van der Waals surface area contributed by atoms with Gasteiger partial charge < -0.3 is 31.5 Å². The second-order valence-corrected chi connectivity index (χ2v) is 2.17. The summed E-state index contributed by atoms with van der Waals surface area (Å²) in [5, 5.41) is 29.7. The first-order chi connectivity index (χ1) is 8.34. The number of hydrogen-bond acceptors (Lipinski definition) is 4. The standard InChI is InChI=1S/4C2H4O2.N3/c4*1-2(3)4;1-3-2/h4*1H3,(H,3,4);/q;;;;-1. The third-order valence-corrected chi connectivity index (χ3v) is 0. The minimum atomic E-state index is -0.833. The Morgan fingerprint density at radius 2 is 0.632 bits per heavy atom. The van der Waals surface area contributed by atoms with Gasteiger partial charge in [0, 0.05) is 27.7 Å². The van der Waals surface area contributed by atoms with Crippen molar-refractivity contribution in [3.63, 3.8) is 0 Å². The van der Waals surface area contributed by atoms with Crippen LogP contribution in [0.25, 0.3) is 16.0 Å². The van der Waals surface area contributed by atoms with Gasteiger partial charge in [-0.05, 0) is 0 Å². The lowest BCUT2D eigenvalue weighted by Gasteiger charge is -1.59. The van der Waals surface area contributed by atoms with E-state index in [4.69, 9.17) is 50.7 Å². The highest BCUT2D eigenvalue weighted by Crippen LogP contribution is 1.43. The number of carbonyl (C=O) groups is 4. The molecule has 0 unspecified atom stereocenters. The summed E-state index contributed by atoms with van der Waals surface area (Å²) < 4.78 is 0. The van der Waals surface area contributed by atoms with Crippen LogP contribution in [0.15, 0.2) is 0 Å². The number of rotatable bonds is 0. The highest BCUT2D eigenvalue weighted by Gasteiger charge is 1.66. The Hall–Kier alpha value is -2.81. The molecule has 19 heavy (non-hydrogen) atoms. The zero-order valence-corrected chi connectivity index (χ0v) is 10.8. The average Bonchev–Trinajstić information content (AvgIpc) is 1.97. The van der Waals surface area contributed by atoms with Gasteiger partial charge in [0.1, 0.15) is 0 Å². The third kappa shape index (κ3) is 335. The van der Waals surface area contributed by atoms with Gasteiger partial charge in [0.2, 0.25) is 0 Å². The average molecular weight is 282 g/mol. The summed E-state index contributed by atoms with van der Waals surface area (Å²) in [6.07, 6.45) is 0. The lowest BCUT2D eigenvalue weighted by atomic mass is 10.9. The summed E-state index contributed by atoms with van der Waals surface area (Å²) in [6.45, 7) is 4.33. The summed E-state index contributed by atoms with van der Waals surface area (Å²) >= 11 is 0. The van der Waals surface area contributed by atoms with Crippen LogP contribution in [0, 0.1) is 0 Å². The van der Waals surface area contributed by atoms with E-state index in [1.165, 1.54) is 4.91 Å². The van der Waals surface area contributed by atoms with Crippen molar-refractivity contribution in [1.82, 2.24) is 0 Å². The fraction of sp³-hybridized carbons (Fsp3) is 0.500. The van der Waals surface area contributed by atoms with E-state index in [0.717, 1.165) is 27.7 Å². The molecule has 0 aliphatic rings. The van der Waals surface area contributed by atoms with Crippen molar-refractivity contribution in [1.29, 1.82) is 0 Å². The summed E-state index contributed by atoms with van der Waals surface area (Å²) in [5.41, 5.74) is 13.5. The van der Waals surface area contributed by atoms with Gasteiger partial charge in [-0.1, -0.05) is 0 Å². The summed E-state index contributed by atoms with van der Waals surface area (Å²) in [4.78, 5) is 37.5. The monoisotopic (exact) mass is 282 g/mol. The predicted molar refractivity (Wildman–Crippen MR) is 63.3 cm³/mol. The molecule has 0 atom stereocenters. The summed E-state index contributed by atoms with van der Waals surface area (Å²) in [6, 6.07) is 0. The maximum atomic E-state index is 9.00. The second-order valence-electron chi connectivity index (χ2n) is 2.17. The van der Waals surface area contributed by atoms with Gasteiger partial charge in [-0.3, -0.25) is 24.1 Å². The minimum absolute atomic E-state index is 0.833. The van der Waals surface area contributed by atoms with Crippen molar-refractivity contribution in [2.75, 3.05) is 0 Å². The smallest absolute Gasteiger partial charge is 0.300 e. The first-order valence-corrected chi connectivity index (χ1v) is 4.11. The van der Waals surface area contributed by atoms with Crippen molar-refractivity contribution in [3.05, 3.63) is 16.0 Å². The largest absolute Gasteiger partial charge is 0.481 e. The molecule has 0 aliphatic carbocycles. The SMILES string of the molecule is CC(=O)O.CC(=O)O.CC(=O)O.CC(=O)O.[N-]=[N+]=[N-]. The Bertz CT molecular complexity index is 232. The Morgan fingerprint density at radius 3 is 0.632 bits per heavy atom. The molecule has 11 heteroatoms. The zero-order chi connectivity index (χ0) is 17.0. The molecule has 0 fully saturated rings. The van der Waals surface area contributed by atoms with Crippen molar-refractivity contribution >= 4 is 23.9 Å². The molecule has 0 heterocycles. The van der Waals surface area contributed by atoms with Crippen LogP contribution < -0.4 is 0 Å². The van der Waals surface area contributed by atoms with Gasteiger partial charge in [-0.2, -0.15) is 0 Å². The van der Waals surface area contributed by atoms with Crippen molar-refractivity contribution in [2.24, 2.45) is 0 Å². The molecule has 0 spiro atoms. The van der Waals surface area contributed by atoms with E-state index in [-0.39, 0.29) is 0 Å². The van der Waals surface area contributed by atoms with Gasteiger partial charge in [0.15, 0.2) is 0 Å². The number of hydrogen-bond donors (Lipinski definition) is 4. The minimum Gasteiger partial charge on any atom is -0.481 e. The molecule has 0 bridgehead atoms. The second kappa shape index (κ2) is 29.5. The van der Waals surface area contributed by atoms with Crippen LogP contribution >= 0.6 is 0 Å². The topological polar surface area (TPSA) is 208 Å². The maximum absolute atomic E-state index is 9.00. The molecule has 0 saturated carbocycles. The Kier molecular flexibility index (Phi) is 46.3. The normalized spacial score (nSPS) is 5.68. The van der Waals surface area contributed by atoms with Crippen LogP contribution in [0.4, 0.5) is 0 Å². The van der Waals surface area contributed by atoms with Gasteiger partial charge in [-0.25, -0.2) is 0 Å². The van der Waals surface area contributed by atoms with Crippen LogP contribution in [0.1, 0.15) is 27.7 Å². The summed E-state index contributed by atoms with van der Waals surface area (Å²) in [5.74, 6) is -3.33. The molecular weight excluding hydrogens is 266 g/mol. The molecular formula is C8H16N3O8-. The first-order valence-electron chi connectivity index (χ1n) is 4.11. The van der Waals surface area contributed by atoms with Crippen molar-refractivity contribution < 1.29 is 39.6 Å². The molecule has 0 amide bonds. The van der Waals surface area contributed by atoms with Gasteiger partial charge in [-0.15, -0.1) is 0 Å². The number of nitrogens with zero attached hydrogens (tertiary/aromatic N) is 3. The quantitative estimate of drug-likeness (QED) is 0.287. The molecule has 0 aromatic carbocycles. The van der Waals surface area contributed by atoms with E-state index in [1.54, 1.807) is 0 Å². The molecule has 0 aromatic rings. The molecule has 11 nitrogen and oxygen atoms in total. The number of carboxylic acid groups (broad SMARTS) is 4. The van der Waals surface area contributed by atoms with E-state index in [2.05, 4.69) is 0 Å². The molecule has 0 aromatic heterocycles. The number of carboxylic acids is 4. The summed E-state index contributed by atoms with van der Waals surface area (Å²) in [7, 11) is 0. The molecule has 112 valence electrons. The van der Waals surface area contributed by atoms with E-state index in [9.17, 15) is 0 Å². The predicted octanol–water partition coefficient (Wildman–Crippen LogP) is 1.23. The van der Waals surface area contributed by atoms with Crippen LogP contribution in [0.5, 0.6) is 0 Å². The van der Waals surface area contributed by atoms with Crippen molar-refractivity contribution in [2.45, 2.75) is 27.7 Å². The third-order valence-electron chi connectivity index (χ3n) is 0. The highest BCUT2D eigenvalue weighted by atomic mass is 16.4. The highest BCUT2D eigenvalue weighted by molar-refractivity contribution is 5.63. The number of aliphatic carboxylic acids is 4. The van der Waals surface area contributed by atoms with Crippen LogP contribution in [-0.4, -0.2) is 44.3 Å². The maximum Gasteiger partial charge on any atom is 0.300 e. The van der Waals surface area contributed by atoms with E-state index in [0.29, 0.717) is 0 Å². The molecule has 0 saturated heterocycles. The van der Waals surface area contributed by atoms with Crippen LogP contribution in [0.3, 0.4) is 0 Å². The lowest BCUT2D eigenvalue weighted by Crippen LogP contribution is -1.78. The van der Waals surface area contributed by atoms with Gasteiger partial charge in [0.05, 0.1) is 0 Å². The molecule has 0 radical (unpaired) electrons. The Labute approximate surface area is 108 Å². The zero-order valence-electron chi connectivity index (χ0n) is 10.8. The van der Waals surface area contributed by atoms with E-state index < -0.39 is 23.9 Å². The van der Waals surface area contributed by atoms with E-state index >= 15 is 0 Å². The fourth-order valence-electron chi connectivity index (χ4n) is 0. The van der Waals surface area contributed by atoms with Crippen LogP contribution in [-0.2, 0) is 19.2 Å². The van der Waals surface area contributed by atoms with Gasteiger partial charge in [0.25, 0.3) is 23.9 Å². The fourth-order valence-corrected chi connectivity index (χ4v) is 0. The van der Waals surface area contributed by atoms with Gasteiger partial charge >= 0.3 is 0 Å². The lowest BCUT2D eigenvalue weighted by molar-refractivity contribution is -0.135. The first kappa shape index (κ1) is 29.8. The van der Waals surface area contributed by atoms with E-state index in [1.807, 2.05) is 0 Å². The molecule has 0 rings (SSSR count). The Balaban J connectivity index is -0.0000000432. The van der Waals surface area contributed by atoms with Crippen molar-refractivity contribution in [3.8, 4) is 0 Å². The van der Waals surface area contributed by atoms with Crippen LogP contribution in [0.2, 0.25) is 0 Å². The molecule has 4 N–H and O–H groups in total.